The van der Waals surface area contributed by atoms with Crippen molar-refractivity contribution in [3.05, 3.63) is 48.7 Å². The third-order valence-corrected chi connectivity index (χ3v) is 0.931. The molecule has 0 atom stereocenters. The Morgan fingerprint density at radius 1 is 1.00 bits per heavy atom. The first-order valence-corrected chi connectivity index (χ1v) is 2.92. The van der Waals surface area contributed by atoms with Gasteiger partial charge in [0, 0.05) is 6.07 Å². The Morgan fingerprint density at radius 2 is 1.70 bits per heavy atom. The predicted octanol–water partition coefficient (Wildman–Crippen LogP) is 2.54. The zero-order valence-corrected chi connectivity index (χ0v) is 5.33. The SMILES string of the molecule is Fc1ccccccco1. The molecule has 52 valence electrons. The van der Waals surface area contributed by atoms with E-state index in [9.17, 15) is 4.39 Å². The van der Waals surface area contributed by atoms with E-state index >= 15 is 0 Å². The van der Waals surface area contributed by atoms with Crippen molar-refractivity contribution in [2.75, 3.05) is 0 Å². The van der Waals surface area contributed by atoms with E-state index in [4.69, 9.17) is 0 Å². The van der Waals surface area contributed by atoms with Crippen LogP contribution in [0.4, 0.5) is 4.39 Å². The van der Waals surface area contributed by atoms with Gasteiger partial charge in [0.25, 0.3) is 6.01 Å². The highest BCUT2D eigenvalue weighted by atomic mass is 19.1. The van der Waals surface area contributed by atoms with Crippen LogP contribution in [0.2, 0.25) is 0 Å². The van der Waals surface area contributed by atoms with E-state index in [1.807, 2.05) is 0 Å². The van der Waals surface area contributed by atoms with Crippen LogP contribution in [0.25, 0.3) is 0 Å². The molecule has 1 aromatic rings. The summed E-state index contributed by atoms with van der Waals surface area (Å²) in [6.45, 7) is 0. The molecule has 10 heavy (non-hydrogen) atoms. The number of hydrogen-bond donors (Lipinski definition) is 0. The lowest BCUT2D eigenvalue weighted by Gasteiger charge is -1.74. The van der Waals surface area contributed by atoms with Gasteiger partial charge in [-0.15, -0.1) is 0 Å². The Hall–Kier alpha value is -1.31. The molecule has 0 amide bonds. The van der Waals surface area contributed by atoms with Gasteiger partial charge in [0.15, 0.2) is 0 Å². The van der Waals surface area contributed by atoms with Crippen molar-refractivity contribution in [2.45, 2.75) is 0 Å². The molecule has 0 spiro atoms. The van der Waals surface area contributed by atoms with Crippen LogP contribution >= 0.6 is 0 Å². The first kappa shape index (κ1) is 6.81. The highest BCUT2D eigenvalue weighted by molar-refractivity contribution is 4.92. The molecule has 0 aliphatic carbocycles. The molecule has 0 saturated heterocycles. The topological polar surface area (TPSA) is 13.1 Å². The lowest BCUT2D eigenvalue weighted by molar-refractivity contribution is 0.348. The van der Waals surface area contributed by atoms with Gasteiger partial charge in [-0.05, 0) is 6.07 Å². The summed E-state index contributed by atoms with van der Waals surface area (Å²) in [7, 11) is 0. The summed E-state index contributed by atoms with van der Waals surface area (Å²) in [4.78, 5) is 0. The number of halogens is 1. The third kappa shape index (κ3) is 2.31. The highest BCUT2D eigenvalue weighted by Crippen LogP contribution is 1.89. The largest absolute Gasteiger partial charge is 0.440 e. The Labute approximate surface area is 58.4 Å². The molecule has 0 fully saturated rings. The van der Waals surface area contributed by atoms with Crippen molar-refractivity contribution in [1.82, 2.24) is 0 Å². The number of rotatable bonds is 0. The van der Waals surface area contributed by atoms with Crippen molar-refractivity contribution in [1.29, 1.82) is 0 Å². The quantitative estimate of drug-likeness (QED) is 0.537. The summed E-state index contributed by atoms with van der Waals surface area (Å²) in [5.41, 5.74) is 0. The van der Waals surface area contributed by atoms with E-state index in [2.05, 4.69) is 4.42 Å². The van der Waals surface area contributed by atoms with Gasteiger partial charge in [-0.3, -0.25) is 0 Å². The standard InChI is InChI=1S/C8H7FO/c9-8-6-4-2-1-3-5-7-10-8/h1-7H. The number of hydrogen-bond acceptors (Lipinski definition) is 1. The maximum atomic E-state index is 12.3. The van der Waals surface area contributed by atoms with Crippen molar-refractivity contribution in [3.63, 3.8) is 0 Å². The van der Waals surface area contributed by atoms with Crippen LogP contribution in [0.3, 0.4) is 0 Å². The van der Waals surface area contributed by atoms with Crippen LogP contribution in [0.1, 0.15) is 0 Å². The molecule has 0 unspecified atom stereocenters. The molecule has 1 rings (SSSR count). The minimum Gasteiger partial charge on any atom is -0.440 e. The minimum absolute atomic E-state index is 0.601. The molecule has 0 radical (unpaired) electrons. The first-order chi connectivity index (χ1) is 4.89. The van der Waals surface area contributed by atoms with Crippen molar-refractivity contribution < 1.29 is 8.81 Å². The summed E-state index contributed by atoms with van der Waals surface area (Å²) in [5.74, 6) is 0. The van der Waals surface area contributed by atoms with Crippen molar-refractivity contribution >= 4 is 0 Å². The van der Waals surface area contributed by atoms with Gasteiger partial charge in [-0.25, -0.2) is 0 Å². The summed E-state index contributed by atoms with van der Waals surface area (Å²) in [5, 5.41) is 0. The second-order valence-electron chi connectivity index (χ2n) is 1.69. The van der Waals surface area contributed by atoms with Gasteiger partial charge >= 0.3 is 0 Å². The molecule has 1 heterocycles. The predicted molar refractivity (Wildman–Crippen MR) is 36.3 cm³/mol. The summed E-state index contributed by atoms with van der Waals surface area (Å²) in [6, 6.07) is 9.09. The van der Waals surface area contributed by atoms with Crippen LogP contribution in [0.5, 0.6) is 0 Å². The Bertz CT molecular complexity index is 217. The minimum atomic E-state index is -0.601. The Balaban J connectivity index is 3.13. The van der Waals surface area contributed by atoms with Gasteiger partial charge < -0.3 is 4.42 Å². The average molecular weight is 138 g/mol. The van der Waals surface area contributed by atoms with E-state index in [1.54, 1.807) is 30.3 Å². The van der Waals surface area contributed by atoms with E-state index in [-0.39, 0.29) is 0 Å². The highest BCUT2D eigenvalue weighted by Gasteiger charge is 1.77. The van der Waals surface area contributed by atoms with E-state index in [1.165, 1.54) is 12.3 Å². The van der Waals surface area contributed by atoms with Crippen molar-refractivity contribution in [3.8, 4) is 0 Å². The first-order valence-electron chi connectivity index (χ1n) is 2.92. The lowest BCUT2D eigenvalue weighted by Crippen LogP contribution is -1.58. The van der Waals surface area contributed by atoms with Crippen molar-refractivity contribution in [2.24, 2.45) is 0 Å². The molecule has 0 aromatic carbocycles. The second kappa shape index (κ2) is 3.67. The molecular formula is C8H7FO. The monoisotopic (exact) mass is 138 g/mol. The zero-order chi connectivity index (χ0) is 7.23. The van der Waals surface area contributed by atoms with Gasteiger partial charge in [-0.2, -0.15) is 4.39 Å². The normalized spacial score (nSPS) is 8.50. The Morgan fingerprint density at radius 3 is 2.60 bits per heavy atom. The molecule has 0 saturated carbocycles. The van der Waals surface area contributed by atoms with E-state index < -0.39 is 6.01 Å². The molecule has 0 bridgehead atoms. The lowest BCUT2D eigenvalue weighted by atomic mass is 10.5. The fourth-order valence-corrected chi connectivity index (χ4v) is 0.513. The summed E-state index contributed by atoms with van der Waals surface area (Å²) in [6.07, 6.45) is 1.29. The van der Waals surface area contributed by atoms with Crippen LogP contribution in [-0.4, -0.2) is 0 Å². The molecule has 2 heteroatoms. The molecule has 0 aliphatic rings. The van der Waals surface area contributed by atoms with Crippen LogP contribution in [0.15, 0.2) is 47.1 Å². The fraction of sp³-hybridized carbons (Fsp3) is 0. The molecular weight excluding hydrogens is 131 g/mol. The molecule has 0 aliphatic heterocycles. The van der Waals surface area contributed by atoms with E-state index in [0.29, 0.717) is 0 Å². The van der Waals surface area contributed by atoms with Gasteiger partial charge in [0.05, 0.1) is 6.26 Å². The maximum Gasteiger partial charge on any atom is 0.277 e. The van der Waals surface area contributed by atoms with E-state index in [0.717, 1.165) is 0 Å². The smallest absolute Gasteiger partial charge is 0.277 e. The maximum absolute atomic E-state index is 12.3. The van der Waals surface area contributed by atoms with Gasteiger partial charge in [0.1, 0.15) is 0 Å². The van der Waals surface area contributed by atoms with Gasteiger partial charge in [0.2, 0.25) is 0 Å². The Kier molecular flexibility index (Phi) is 2.49. The third-order valence-electron chi connectivity index (χ3n) is 0.931. The fourth-order valence-electron chi connectivity index (χ4n) is 0.513. The zero-order valence-electron chi connectivity index (χ0n) is 5.33. The molecule has 1 aromatic heterocycles. The van der Waals surface area contributed by atoms with Crippen LogP contribution in [0, 0.1) is 6.01 Å². The average Bonchev–Trinajstić information content (AvgIpc) is 2.02. The molecule has 0 N–H and O–H groups in total. The second-order valence-corrected chi connectivity index (χ2v) is 1.69. The summed E-state index contributed by atoms with van der Waals surface area (Å²) < 4.78 is 16.8. The molecule has 1 nitrogen and oxygen atoms in total. The van der Waals surface area contributed by atoms with Crippen LogP contribution < -0.4 is 0 Å². The van der Waals surface area contributed by atoms with Gasteiger partial charge in [-0.1, -0.05) is 24.3 Å². The summed E-state index contributed by atoms with van der Waals surface area (Å²) >= 11 is 0. The van der Waals surface area contributed by atoms with Crippen LogP contribution in [-0.2, 0) is 0 Å².